The van der Waals surface area contributed by atoms with Gasteiger partial charge in [0, 0.05) is 0 Å². The van der Waals surface area contributed by atoms with Gasteiger partial charge in [0.1, 0.15) is 23.8 Å². The smallest absolute Gasteiger partial charge is 0.321 e. The number of ether oxygens (including phenoxy) is 1. The number of hydrogen-bond acceptors (Lipinski definition) is 10. The van der Waals surface area contributed by atoms with E-state index in [2.05, 4.69) is 31.3 Å². The van der Waals surface area contributed by atoms with Crippen LogP contribution in [0.2, 0.25) is 0 Å². The van der Waals surface area contributed by atoms with E-state index in [1.54, 1.807) is 0 Å². The zero-order valence-corrected chi connectivity index (χ0v) is 13.7. The minimum absolute atomic E-state index is 0.0606. The van der Waals surface area contributed by atoms with Crippen molar-refractivity contribution < 1.29 is 29.3 Å². The summed E-state index contributed by atoms with van der Waals surface area (Å²) < 4.78 is 11.5. The lowest BCUT2D eigenvalue weighted by Gasteiger charge is -2.17. The van der Waals surface area contributed by atoms with Crippen LogP contribution in [0.4, 0.5) is 11.8 Å². The van der Waals surface area contributed by atoms with Crippen LogP contribution in [-0.2, 0) is 21.1 Å². The molecule has 1 fully saturated rings. The van der Waals surface area contributed by atoms with E-state index < -0.39 is 37.9 Å². The molecule has 1 aliphatic heterocycles. The summed E-state index contributed by atoms with van der Waals surface area (Å²) in [5, 5.41) is 20.2. The number of fused-ring (bicyclic) bond motifs is 1. The van der Waals surface area contributed by atoms with E-state index in [-0.39, 0.29) is 22.9 Å². The maximum absolute atomic E-state index is 10.2. The van der Waals surface area contributed by atoms with Gasteiger partial charge in [0.25, 0.3) is 0 Å². The Hall–Kier alpha value is -1.44. The minimum Gasteiger partial charge on any atom is -0.387 e. The average Bonchev–Trinajstić information content (AvgIpc) is 3.00. The van der Waals surface area contributed by atoms with Crippen LogP contribution >= 0.6 is 6.72 Å². The van der Waals surface area contributed by atoms with Crippen LogP contribution in [0.1, 0.15) is 6.23 Å². The van der Waals surface area contributed by atoms with Gasteiger partial charge in [0.05, 0.1) is 12.9 Å². The lowest BCUT2D eigenvalue weighted by atomic mass is 10.1. The van der Waals surface area contributed by atoms with Crippen LogP contribution in [0, 0.1) is 0 Å². The van der Waals surface area contributed by atoms with E-state index in [1.165, 1.54) is 10.9 Å². The van der Waals surface area contributed by atoms with Crippen molar-refractivity contribution >= 4 is 41.5 Å². The van der Waals surface area contributed by atoms with Gasteiger partial charge in [0.15, 0.2) is 17.7 Å². The SMILES string of the molecule is Nc1nc(N)c2ncn([C@@H]3O[C@H](COP(O)(O)=S)[C@@H](O)[C@H]3O)c2n1. The summed E-state index contributed by atoms with van der Waals surface area (Å²) in [4.78, 5) is 30.0. The van der Waals surface area contributed by atoms with Crippen LogP contribution < -0.4 is 11.5 Å². The second-order valence-electron chi connectivity index (χ2n) is 5.12. The molecule has 0 aromatic carbocycles. The number of rotatable bonds is 4. The fourth-order valence-corrected chi connectivity index (χ4v) is 2.93. The van der Waals surface area contributed by atoms with Gasteiger partial charge in [-0.1, -0.05) is 0 Å². The third-order valence-electron chi connectivity index (χ3n) is 3.48. The number of nitrogen functional groups attached to an aromatic ring is 2. The molecule has 2 aromatic rings. The van der Waals surface area contributed by atoms with Crippen molar-refractivity contribution in [3.63, 3.8) is 0 Å². The molecule has 1 saturated heterocycles. The van der Waals surface area contributed by atoms with E-state index in [0.717, 1.165) is 0 Å². The maximum atomic E-state index is 10.2. The van der Waals surface area contributed by atoms with Crippen molar-refractivity contribution in [2.24, 2.45) is 0 Å². The molecule has 0 aliphatic carbocycles. The van der Waals surface area contributed by atoms with Gasteiger partial charge < -0.3 is 40.7 Å². The normalized spacial score (nSPS) is 27.8. The molecule has 3 heterocycles. The Morgan fingerprint density at radius 1 is 1.29 bits per heavy atom. The van der Waals surface area contributed by atoms with Gasteiger partial charge in [-0.2, -0.15) is 9.97 Å². The third kappa shape index (κ3) is 3.20. The summed E-state index contributed by atoms with van der Waals surface area (Å²) in [6.07, 6.45) is -3.51. The molecule has 0 unspecified atom stereocenters. The fraction of sp³-hybridized carbons (Fsp3) is 0.500. The number of hydrogen-bond donors (Lipinski definition) is 6. The highest BCUT2D eigenvalue weighted by Gasteiger charge is 2.45. The average molecular weight is 378 g/mol. The van der Waals surface area contributed by atoms with Gasteiger partial charge in [-0.05, 0) is 11.8 Å². The molecule has 0 radical (unpaired) electrons. The first-order chi connectivity index (χ1) is 11.2. The molecule has 24 heavy (non-hydrogen) atoms. The summed E-state index contributed by atoms with van der Waals surface area (Å²) >= 11 is 4.33. The van der Waals surface area contributed by atoms with Crippen molar-refractivity contribution in [2.75, 3.05) is 18.1 Å². The zero-order chi connectivity index (χ0) is 17.6. The molecule has 3 rings (SSSR count). The number of imidazole rings is 1. The van der Waals surface area contributed by atoms with Gasteiger partial charge in [-0.15, -0.1) is 0 Å². The monoisotopic (exact) mass is 378 g/mol. The first kappa shape index (κ1) is 17.4. The molecule has 0 saturated carbocycles. The van der Waals surface area contributed by atoms with E-state index in [0.29, 0.717) is 0 Å². The summed E-state index contributed by atoms with van der Waals surface area (Å²) in [5.74, 6) is -0.0265. The van der Waals surface area contributed by atoms with E-state index in [9.17, 15) is 10.2 Å². The standard InChI is InChI=1S/C10H15N6O6PS/c11-7-4-8(15-10(12)14-7)16(2-13-4)9-6(18)5(17)3(22-9)1-21-23(19,20)24/h2-3,5-6,9,17-18H,1H2,(H2,19,20,24)(H4,11,12,14,15)/t3-,5-,6-,9-/m1/s1. The van der Waals surface area contributed by atoms with Crippen molar-refractivity contribution in [2.45, 2.75) is 24.5 Å². The number of nitrogens with zero attached hydrogens (tertiary/aromatic N) is 4. The van der Waals surface area contributed by atoms with Crippen molar-refractivity contribution in [1.29, 1.82) is 0 Å². The molecule has 1 aliphatic rings. The number of nitrogens with two attached hydrogens (primary N) is 2. The molecule has 4 atom stereocenters. The molecule has 8 N–H and O–H groups in total. The summed E-state index contributed by atoms with van der Waals surface area (Å²) in [7, 11) is 0. The van der Waals surface area contributed by atoms with E-state index in [4.69, 9.17) is 26.0 Å². The molecule has 132 valence electrons. The summed E-state index contributed by atoms with van der Waals surface area (Å²) in [6, 6.07) is 0. The molecular formula is C10H15N6O6PS. The molecule has 0 amide bonds. The molecule has 2 aromatic heterocycles. The Morgan fingerprint density at radius 2 is 2.00 bits per heavy atom. The van der Waals surface area contributed by atoms with Gasteiger partial charge >= 0.3 is 6.72 Å². The highest BCUT2D eigenvalue weighted by molar-refractivity contribution is 8.06. The number of aliphatic hydroxyl groups excluding tert-OH is 2. The van der Waals surface area contributed by atoms with Crippen LogP contribution in [0.15, 0.2) is 6.33 Å². The van der Waals surface area contributed by atoms with Crippen molar-refractivity contribution in [3.8, 4) is 0 Å². The van der Waals surface area contributed by atoms with Crippen LogP contribution in [-0.4, -0.2) is 64.4 Å². The van der Waals surface area contributed by atoms with E-state index >= 15 is 0 Å². The molecular weight excluding hydrogens is 363 g/mol. The highest BCUT2D eigenvalue weighted by Crippen LogP contribution is 2.39. The summed E-state index contributed by atoms with van der Waals surface area (Å²) in [5.41, 5.74) is 11.7. The Labute approximate surface area is 139 Å². The highest BCUT2D eigenvalue weighted by atomic mass is 32.5. The van der Waals surface area contributed by atoms with Crippen molar-refractivity contribution in [3.05, 3.63) is 6.33 Å². The third-order valence-corrected chi connectivity index (χ3v) is 4.29. The van der Waals surface area contributed by atoms with Crippen molar-refractivity contribution in [1.82, 2.24) is 19.5 Å². The molecule has 0 bridgehead atoms. The Morgan fingerprint density at radius 3 is 2.67 bits per heavy atom. The van der Waals surface area contributed by atoms with Gasteiger partial charge in [0.2, 0.25) is 5.95 Å². The lowest BCUT2D eigenvalue weighted by molar-refractivity contribution is -0.0486. The Bertz CT molecular complexity index is 812. The number of aliphatic hydroxyl groups is 2. The fourth-order valence-electron chi connectivity index (χ4n) is 2.41. The lowest BCUT2D eigenvalue weighted by Crippen LogP contribution is -2.33. The number of aromatic nitrogens is 4. The van der Waals surface area contributed by atoms with Crippen LogP contribution in [0.3, 0.4) is 0 Å². The molecule has 14 heteroatoms. The number of anilines is 2. The maximum Gasteiger partial charge on any atom is 0.321 e. The zero-order valence-electron chi connectivity index (χ0n) is 12.0. The summed E-state index contributed by atoms with van der Waals surface area (Å²) in [6.45, 7) is -4.32. The second-order valence-corrected chi connectivity index (χ2v) is 7.79. The Balaban J connectivity index is 1.89. The molecule has 12 nitrogen and oxygen atoms in total. The van der Waals surface area contributed by atoms with Gasteiger partial charge in [-0.25, -0.2) is 4.98 Å². The molecule has 0 spiro atoms. The predicted octanol–water partition coefficient (Wildman–Crippen LogP) is -2.16. The second kappa shape index (κ2) is 6.13. The first-order valence-corrected chi connectivity index (χ1v) is 9.27. The first-order valence-electron chi connectivity index (χ1n) is 6.64. The van der Waals surface area contributed by atoms with E-state index in [1.807, 2.05) is 0 Å². The quantitative estimate of drug-likeness (QED) is 0.316. The Kier molecular flexibility index (Phi) is 4.44. The predicted molar refractivity (Wildman–Crippen MR) is 84.7 cm³/mol. The van der Waals surface area contributed by atoms with Crippen LogP contribution in [0.5, 0.6) is 0 Å². The largest absolute Gasteiger partial charge is 0.387 e. The minimum atomic E-state index is -3.91. The van der Waals surface area contributed by atoms with Gasteiger partial charge in [-0.3, -0.25) is 4.57 Å². The topological polar surface area (TPSA) is 195 Å². The van der Waals surface area contributed by atoms with Crippen LogP contribution in [0.25, 0.3) is 11.2 Å².